The van der Waals surface area contributed by atoms with E-state index in [4.69, 9.17) is 14.5 Å². The molecule has 17 heavy (non-hydrogen) atoms. The monoisotopic (exact) mass is 246 g/mol. The second-order valence-corrected chi connectivity index (χ2v) is 5.39. The van der Waals surface area contributed by atoms with Gasteiger partial charge in [-0.2, -0.15) is 0 Å². The number of carbonyl (C=O) groups is 1. The van der Waals surface area contributed by atoms with E-state index in [1.165, 1.54) is 0 Å². The average Bonchev–Trinajstić information content (AvgIpc) is 2.28. The van der Waals surface area contributed by atoms with E-state index < -0.39 is 5.41 Å². The van der Waals surface area contributed by atoms with Gasteiger partial charge in [-0.3, -0.25) is 4.79 Å². The summed E-state index contributed by atoms with van der Waals surface area (Å²) in [5.74, 6) is -0.196. The molecule has 0 heterocycles. The molecule has 0 unspecified atom stereocenters. The highest BCUT2D eigenvalue weighted by Gasteiger charge is 2.26. The molecule has 0 aromatic carbocycles. The Balaban J connectivity index is 3.70. The van der Waals surface area contributed by atoms with Crippen LogP contribution in [0.1, 0.15) is 54.4 Å². The lowest BCUT2D eigenvalue weighted by Crippen LogP contribution is -2.28. The standard InChI is InChI=1S/C13H26O4/c1-7-12(3,4)11(14)15-9-10-16-17-13(5,6)8-2/h7-10H2,1-6H3. The Labute approximate surface area is 105 Å². The predicted molar refractivity (Wildman–Crippen MR) is 66.4 cm³/mol. The number of hydrogen-bond acceptors (Lipinski definition) is 4. The summed E-state index contributed by atoms with van der Waals surface area (Å²) in [6, 6.07) is 0. The molecule has 0 aromatic heterocycles. The molecule has 0 saturated heterocycles. The van der Waals surface area contributed by atoms with Gasteiger partial charge >= 0.3 is 5.97 Å². The van der Waals surface area contributed by atoms with E-state index in [9.17, 15) is 4.79 Å². The number of esters is 1. The Hall–Kier alpha value is -0.610. The van der Waals surface area contributed by atoms with Crippen LogP contribution in [0.2, 0.25) is 0 Å². The van der Waals surface area contributed by atoms with Crippen molar-refractivity contribution in [1.82, 2.24) is 0 Å². The molecule has 0 bridgehead atoms. The first-order valence-corrected chi connectivity index (χ1v) is 6.23. The van der Waals surface area contributed by atoms with Gasteiger partial charge in [-0.1, -0.05) is 13.8 Å². The van der Waals surface area contributed by atoms with Crippen molar-refractivity contribution in [2.24, 2.45) is 5.41 Å². The molecule has 0 N–H and O–H groups in total. The van der Waals surface area contributed by atoms with Gasteiger partial charge in [-0.25, -0.2) is 9.78 Å². The predicted octanol–water partition coefficient (Wildman–Crippen LogP) is 3.10. The first kappa shape index (κ1) is 16.4. The number of hydrogen-bond donors (Lipinski definition) is 0. The summed E-state index contributed by atoms with van der Waals surface area (Å²) in [6.45, 7) is 12.1. The van der Waals surface area contributed by atoms with E-state index in [1.807, 2.05) is 41.5 Å². The van der Waals surface area contributed by atoms with E-state index in [2.05, 4.69) is 0 Å². The van der Waals surface area contributed by atoms with Gasteiger partial charge in [0.2, 0.25) is 0 Å². The van der Waals surface area contributed by atoms with Crippen LogP contribution in [0.3, 0.4) is 0 Å². The van der Waals surface area contributed by atoms with Gasteiger partial charge in [0, 0.05) is 0 Å². The number of carbonyl (C=O) groups excluding carboxylic acids is 1. The van der Waals surface area contributed by atoms with Crippen molar-refractivity contribution < 1.29 is 19.3 Å². The summed E-state index contributed by atoms with van der Waals surface area (Å²) < 4.78 is 5.10. The van der Waals surface area contributed by atoms with Gasteiger partial charge in [0.15, 0.2) is 0 Å². The topological polar surface area (TPSA) is 44.8 Å². The van der Waals surface area contributed by atoms with Crippen LogP contribution in [-0.2, 0) is 19.3 Å². The second-order valence-electron chi connectivity index (χ2n) is 5.39. The molecule has 0 aliphatic carbocycles. The van der Waals surface area contributed by atoms with E-state index >= 15 is 0 Å². The van der Waals surface area contributed by atoms with E-state index in [1.54, 1.807) is 0 Å². The van der Waals surface area contributed by atoms with Gasteiger partial charge < -0.3 is 4.74 Å². The molecule has 0 aliphatic heterocycles. The fourth-order valence-corrected chi connectivity index (χ4v) is 0.768. The molecule has 0 aromatic rings. The lowest BCUT2D eigenvalue weighted by atomic mass is 9.91. The third kappa shape index (κ3) is 6.64. The summed E-state index contributed by atoms with van der Waals surface area (Å²) in [4.78, 5) is 21.8. The lowest BCUT2D eigenvalue weighted by molar-refractivity contribution is -0.355. The maximum absolute atomic E-state index is 11.6. The summed E-state index contributed by atoms with van der Waals surface area (Å²) >= 11 is 0. The fraction of sp³-hybridized carbons (Fsp3) is 0.923. The lowest BCUT2D eigenvalue weighted by Gasteiger charge is -2.22. The number of ether oxygens (including phenoxy) is 1. The van der Waals surface area contributed by atoms with Crippen LogP contribution < -0.4 is 0 Å². The third-order valence-corrected chi connectivity index (χ3v) is 2.97. The van der Waals surface area contributed by atoms with Crippen molar-refractivity contribution in [3.63, 3.8) is 0 Å². The second kappa shape index (κ2) is 6.97. The molecule has 4 heteroatoms. The number of rotatable bonds is 8. The minimum Gasteiger partial charge on any atom is -0.463 e. The van der Waals surface area contributed by atoms with Crippen LogP contribution in [0.5, 0.6) is 0 Å². The highest BCUT2D eigenvalue weighted by atomic mass is 17.2. The Morgan fingerprint density at radius 2 is 1.59 bits per heavy atom. The first-order valence-electron chi connectivity index (χ1n) is 6.23. The highest BCUT2D eigenvalue weighted by Crippen LogP contribution is 2.21. The maximum Gasteiger partial charge on any atom is 0.311 e. The van der Waals surface area contributed by atoms with E-state index in [0.29, 0.717) is 0 Å². The Bertz CT molecular complexity index is 234. The molecule has 0 spiro atoms. The van der Waals surface area contributed by atoms with Crippen LogP contribution >= 0.6 is 0 Å². The molecule has 0 fully saturated rings. The molecular weight excluding hydrogens is 220 g/mol. The van der Waals surface area contributed by atoms with Gasteiger partial charge in [0.05, 0.1) is 11.0 Å². The fourth-order valence-electron chi connectivity index (χ4n) is 0.768. The molecule has 0 saturated carbocycles. The smallest absolute Gasteiger partial charge is 0.311 e. The van der Waals surface area contributed by atoms with Crippen LogP contribution in [0.25, 0.3) is 0 Å². The first-order chi connectivity index (χ1) is 7.75. The zero-order valence-electron chi connectivity index (χ0n) is 12.0. The van der Waals surface area contributed by atoms with Gasteiger partial charge in [0.25, 0.3) is 0 Å². The minimum atomic E-state index is -0.427. The Morgan fingerprint density at radius 1 is 1.00 bits per heavy atom. The zero-order chi connectivity index (χ0) is 13.5. The average molecular weight is 246 g/mol. The van der Waals surface area contributed by atoms with Gasteiger partial charge in [-0.05, 0) is 40.5 Å². The summed E-state index contributed by atoms with van der Waals surface area (Å²) in [6.07, 6.45) is 1.61. The third-order valence-electron chi connectivity index (χ3n) is 2.97. The molecule has 102 valence electrons. The molecule has 0 aliphatic rings. The quantitative estimate of drug-likeness (QED) is 0.286. The maximum atomic E-state index is 11.6. The molecule has 0 radical (unpaired) electrons. The van der Waals surface area contributed by atoms with Crippen molar-refractivity contribution in [2.75, 3.05) is 13.2 Å². The summed E-state index contributed by atoms with van der Waals surface area (Å²) in [7, 11) is 0. The SMILES string of the molecule is CCC(C)(C)OOCCOC(=O)C(C)(C)CC. The zero-order valence-corrected chi connectivity index (χ0v) is 12.0. The molecule has 0 atom stereocenters. The normalized spacial score (nSPS) is 12.6. The van der Waals surface area contributed by atoms with Gasteiger partial charge in [0.1, 0.15) is 13.2 Å². The van der Waals surface area contributed by atoms with E-state index in [-0.39, 0.29) is 24.8 Å². The molecule has 0 rings (SSSR count). The highest BCUT2D eigenvalue weighted by molar-refractivity contribution is 5.75. The van der Waals surface area contributed by atoms with Crippen LogP contribution in [0, 0.1) is 5.41 Å². The van der Waals surface area contributed by atoms with Crippen molar-refractivity contribution in [3.8, 4) is 0 Å². The minimum absolute atomic E-state index is 0.196. The van der Waals surface area contributed by atoms with Gasteiger partial charge in [-0.15, -0.1) is 0 Å². The molecular formula is C13H26O4. The van der Waals surface area contributed by atoms with Crippen LogP contribution in [-0.4, -0.2) is 24.8 Å². The van der Waals surface area contributed by atoms with Crippen molar-refractivity contribution in [2.45, 2.75) is 60.0 Å². The van der Waals surface area contributed by atoms with Crippen molar-refractivity contribution in [3.05, 3.63) is 0 Å². The Morgan fingerprint density at radius 3 is 2.06 bits per heavy atom. The largest absolute Gasteiger partial charge is 0.463 e. The van der Waals surface area contributed by atoms with Crippen molar-refractivity contribution >= 4 is 5.97 Å². The van der Waals surface area contributed by atoms with Crippen molar-refractivity contribution in [1.29, 1.82) is 0 Å². The van der Waals surface area contributed by atoms with Crippen LogP contribution in [0.15, 0.2) is 0 Å². The van der Waals surface area contributed by atoms with Crippen LogP contribution in [0.4, 0.5) is 0 Å². The molecule has 4 nitrogen and oxygen atoms in total. The molecule has 0 amide bonds. The summed E-state index contributed by atoms with van der Waals surface area (Å²) in [5.41, 5.74) is -0.726. The summed E-state index contributed by atoms with van der Waals surface area (Å²) in [5, 5.41) is 0. The Kier molecular flexibility index (Phi) is 6.72. The van der Waals surface area contributed by atoms with E-state index in [0.717, 1.165) is 12.8 Å².